The summed E-state index contributed by atoms with van der Waals surface area (Å²) >= 11 is 0. The number of hydrogen-bond acceptors (Lipinski definition) is 3. The minimum Gasteiger partial charge on any atom is -0.493 e. The number of guanidine groups is 1. The molecule has 0 aromatic heterocycles. The number of ether oxygens (including phenoxy) is 1. The maximum atomic E-state index is 12.1. The molecule has 2 N–H and O–H groups in total. The summed E-state index contributed by atoms with van der Waals surface area (Å²) < 4.78 is 17.8. The highest BCUT2D eigenvalue weighted by atomic mass is 127. The van der Waals surface area contributed by atoms with Crippen LogP contribution in [0.2, 0.25) is 0 Å². The van der Waals surface area contributed by atoms with E-state index >= 15 is 0 Å². The van der Waals surface area contributed by atoms with E-state index in [-0.39, 0.29) is 24.0 Å². The molecule has 1 aliphatic carbocycles. The molecule has 160 valence electrons. The third-order valence-electron chi connectivity index (χ3n) is 4.81. The van der Waals surface area contributed by atoms with E-state index in [9.17, 15) is 4.21 Å². The lowest BCUT2D eigenvalue weighted by Crippen LogP contribution is -2.46. The second-order valence-electron chi connectivity index (χ2n) is 7.57. The quantitative estimate of drug-likeness (QED) is 0.308. The van der Waals surface area contributed by atoms with E-state index in [2.05, 4.69) is 41.6 Å². The highest BCUT2D eigenvalue weighted by Crippen LogP contribution is 2.23. The van der Waals surface area contributed by atoms with Gasteiger partial charge in [-0.05, 0) is 42.9 Å². The summed E-state index contributed by atoms with van der Waals surface area (Å²) in [5.41, 5.74) is 1.18. The summed E-state index contributed by atoms with van der Waals surface area (Å²) in [5.74, 6) is 2.99. The molecular formula is C21H36IN3O2S. The van der Waals surface area contributed by atoms with Crippen molar-refractivity contribution in [2.24, 2.45) is 10.9 Å². The maximum absolute atomic E-state index is 12.1. The summed E-state index contributed by atoms with van der Waals surface area (Å²) in [7, 11) is 1.09. The van der Waals surface area contributed by atoms with Gasteiger partial charge in [-0.25, -0.2) is 0 Å². The predicted octanol–water partition coefficient (Wildman–Crippen LogP) is 4.08. The fourth-order valence-electron chi connectivity index (χ4n) is 3.29. The van der Waals surface area contributed by atoms with Gasteiger partial charge in [-0.3, -0.25) is 9.20 Å². The monoisotopic (exact) mass is 521 g/mol. The molecule has 5 nitrogen and oxygen atoms in total. The van der Waals surface area contributed by atoms with Gasteiger partial charge in [0, 0.05) is 41.4 Å². The Morgan fingerprint density at radius 2 is 2.00 bits per heavy atom. The van der Waals surface area contributed by atoms with Gasteiger partial charge in [0.1, 0.15) is 5.75 Å². The molecule has 28 heavy (non-hydrogen) atoms. The first-order valence-electron chi connectivity index (χ1n) is 10.1. The Labute approximate surface area is 190 Å². The van der Waals surface area contributed by atoms with Gasteiger partial charge >= 0.3 is 0 Å². The Hall–Kier alpha value is -0.830. The second kappa shape index (κ2) is 13.4. The Kier molecular flexibility index (Phi) is 12.1. The summed E-state index contributed by atoms with van der Waals surface area (Å²) in [6.45, 7) is 7.74. The van der Waals surface area contributed by atoms with Crippen LogP contribution in [0.1, 0.15) is 52.0 Å². The van der Waals surface area contributed by atoms with Crippen molar-refractivity contribution in [3.8, 4) is 5.75 Å². The van der Waals surface area contributed by atoms with Crippen LogP contribution in [0.4, 0.5) is 0 Å². The normalized spacial score (nSPS) is 21.0. The van der Waals surface area contributed by atoms with Crippen LogP contribution in [0.15, 0.2) is 29.3 Å². The van der Waals surface area contributed by atoms with Crippen molar-refractivity contribution in [3.05, 3.63) is 29.8 Å². The van der Waals surface area contributed by atoms with Crippen molar-refractivity contribution in [1.82, 2.24) is 10.6 Å². The van der Waals surface area contributed by atoms with E-state index in [0.29, 0.717) is 23.8 Å². The lowest BCUT2D eigenvalue weighted by molar-refractivity contribution is 0.271. The number of nitrogens with zero attached hydrogens (tertiary/aromatic N) is 1. The largest absolute Gasteiger partial charge is 0.493 e. The SMILES string of the molecule is CCS(=O)C1CCCC(NC(=NC)NCc2ccc(OCC(C)C)cc2)C1.I. The van der Waals surface area contributed by atoms with E-state index in [1.807, 2.05) is 19.1 Å². The first-order chi connectivity index (χ1) is 13.0. The lowest BCUT2D eigenvalue weighted by Gasteiger charge is -2.30. The number of halogens is 1. The molecule has 3 unspecified atom stereocenters. The molecule has 0 radical (unpaired) electrons. The molecule has 0 aliphatic heterocycles. The van der Waals surface area contributed by atoms with E-state index in [1.165, 1.54) is 5.56 Å². The molecule has 0 spiro atoms. The van der Waals surface area contributed by atoms with Gasteiger partial charge in [-0.2, -0.15) is 0 Å². The predicted molar refractivity (Wildman–Crippen MR) is 130 cm³/mol. The van der Waals surface area contributed by atoms with E-state index in [1.54, 1.807) is 7.05 Å². The van der Waals surface area contributed by atoms with Crippen molar-refractivity contribution in [3.63, 3.8) is 0 Å². The molecule has 1 aromatic carbocycles. The molecule has 0 saturated heterocycles. The molecule has 1 fully saturated rings. The molecule has 1 aromatic rings. The topological polar surface area (TPSA) is 62.7 Å². The average molecular weight is 522 g/mol. The number of benzene rings is 1. The Morgan fingerprint density at radius 1 is 1.29 bits per heavy atom. The third-order valence-corrected chi connectivity index (χ3v) is 6.55. The van der Waals surface area contributed by atoms with Crippen LogP contribution in [-0.2, 0) is 17.3 Å². The van der Waals surface area contributed by atoms with E-state index in [4.69, 9.17) is 4.74 Å². The highest BCUT2D eigenvalue weighted by Gasteiger charge is 2.25. The standard InChI is InChI=1S/C21H35N3O2S.HI/c1-5-27(25)20-8-6-7-18(13-20)24-21(22-4)23-14-17-9-11-19(12-10-17)26-15-16(2)3;/h9-12,16,18,20H,5-8,13-15H2,1-4H3,(H2,22,23,24);1H. The Morgan fingerprint density at radius 3 is 2.61 bits per heavy atom. The van der Waals surface area contributed by atoms with Gasteiger partial charge in [0.25, 0.3) is 0 Å². The van der Waals surface area contributed by atoms with Crippen LogP contribution in [0.5, 0.6) is 5.75 Å². The van der Waals surface area contributed by atoms with Gasteiger partial charge in [-0.15, -0.1) is 24.0 Å². The Balaban J connectivity index is 0.00000392. The minimum atomic E-state index is -0.704. The van der Waals surface area contributed by atoms with E-state index in [0.717, 1.165) is 49.8 Å². The van der Waals surface area contributed by atoms with E-state index < -0.39 is 10.8 Å². The van der Waals surface area contributed by atoms with Crippen LogP contribution >= 0.6 is 24.0 Å². The summed E-state index contributed by atoms with van der Waals surface area (Å²) in [4.78, 5) is 4.35. The summed E-state index contributed by atoms with van der Waals surface area (Å²) in [5, 5.41) is 7.21. The smallest absolute Gasteiger partial charge is 0.191 e. The molecule has 0 bridgehead atoms. The molecule has 0 heterocycles. The van der Waals surface area contributed by atoms with Crippen LogP contribution in [0.25, 0.3) is 0 Å². The number of aliphatic imine (C=N–C) groups is 1. The van der Waals surface area contributed by atoms with Gasteiger partial charge < -0.3 is 15.4 Å². The maximum Gasteiger partial charge on any atom is 0.191 e. The van der Waals surface area contributed by atoms with Crippen molar-refractivity contribution in [2.75, 3.05) is 19.4 Å². The number of hydrogen-bond donors (Lipinski definition) is 2. The first-order valence-corrected chi connectivity index (χ1v) is 11.5. The van der Waals surface area contributed by atoms with Crippen LogP contribution < -0.4 is 15.4 Å². The van der Waals surface area contributed by atoms with Gasteiger partial charge in [-0.1, -0.05) is 39.3 Å². The highest BCUT2D eigenvalue weighted by molar-refractivity contribution is 14.0. The fraction of sp³-hybridized carbons (Fsp3) is 0.667. The molecule has 7 heteroatoms. The molecule has 0 amide bonds. The molecule has 2 rings (SSSR count). The zero-order chi connectivity index (χ0) is 19.6. The summed E-state index contributed by atoms with van der Waals surface area (Å²) in [6.07, 6.45) is 4.28. The molecule has 1 saturated carbocycles. The lowest BCUT2D eigenvalue weighted by atomic mass is 9.95. The first kappa shape index (κ1) is 25.2. The van der Waals surface area contributed by atoms with Crippen LogP contribution in [-0.4, -0.2) is 40.9 Å². The molecular weight excluding hydrogens is 485 g/mol. The summed E-state index contributed by atoms with van der Waals surface area (Å²) in [6, 6.07) is 8.54. The molecule has 1 aliphatic rings. The van der Waals surface area contributed by atoms with Gasteiger partial charge in [0.2, 0.25) is 0 Å². The Bertz CT molecular complexity index is 623. The minimum absolute atomic E-state index is 0. The second-order valence-corrected chi connectivity index (χ2v) is 9.58. The average Bonchev–Trinajstić information content (AvgIpc) is 2.69. The zero-order valence-corrected chi connectivity index (χ0v) is 20.7. The van der Waals surface area contributed by atoms with Gasteiger partial charge in [0.15, 0.2) is 5.96 Å². The van der Waals surface area contributed by atoms with Crippen molar-refractivity contribution in [2.45, 2.75) is 64.3 Å². The third kappa shape index (κ3) is 8.68. The fourth-order valence-corrected chi connectivity index (χ4v) is 4.64. The number of rotatable bonds is 8. The van der Waals surface area contributed by atoms with Crippen molar-refractivity contribution in [1.29, 1.82) is 0 Å². The zero-order valence-electron chi connectivity index (χ0n) is 17.6. The van der Waals surface area contributed by atoms with Gasteiger partial charge in [0.05, 0.1) is 6.61 Å². The van der Waals surface area contributed by atoms with Crippen molar-refractivity contribution < 1.29 is 8.95 Å². The van der Waals surface area contributed by atoms with Crippen molar-refractivity contribution >= 4 is 40.7 Å². The van der Waals surface area contributed by atoms with Crippen LogP contribution in [0, 0.1) is 5.92 Å². The van der Waals surface area contributed by atoms with Crippen LogP contribution in [0.3, 0.4) is 0 Å². The molecule has 3 atom stereocenters. The number of nitrogens with one attached hydrogen (secondary N) is 2.